The van der Waals surface area contributed by atoms with Crippen molar-refractivity contribution in [1.82, 2.24) is 0 Å². The van der Waals surface area contributed by atoms with E-state index in [1.165, 1.54) is 5.56 Å². The van der Waals surface area contributed by atoms with Gasteiger partial charge in [-0.1, -0.05) is 12.1 Å². The number of aromatic hydroxyl groups is 1. The Labute approximate surface area is 77.2 Å². The molecule has 0 spiro atoms. The number of carbonyl (C=O) groups is 1. The molecule has 13 heavy (non-hydrogen) atoms. The summed E-state index contributed by atoms with van der Waals surface area (Å²) in [5.41, 5.74) is 1.17. The van der Waals surface area contributed by atoms with E-state index in [1.54, 1.807) is 12.1 Å². The third kappa shape index (κ3) is 1.44. The van der Waals surface area contributed by atoms with E-state index in [2.05, 4.69) is 0 Å². The molecule has 0 radical (unpaired) electrons. The van der Waals surface area contributed by atoms with E-state index in [-0.39, 0.29) is 11.7 Å². The normalized spacial score (nSPS) is 26.5. The first kappa shape index (κ1) is 8.30. The summed E-state index contributed by atoms with van der Waals surface area (Å²) in [6.45, 7) is 0. The molecule has 1 aromatic carbocycles. The lowest BCUT2D eigenvalue weighted by atomic mass is 9.71. The largest absolute Gasteiger partial charge is 0.508 e. The Bertz CT molecular complexity index is 302. The van der Waals surface area contributed by atoms with Crippen LogP contribution in [0.5, 0.6) is 5.75 Å². The molecular formula is C11H12O2. The van der Waals surface area contributed by atoms with Gasteiger partial charge >= 0.3 is 0 Å². The summed E-state index contributed by atoms with van der Waals surface area (Å²) in [6, 6.07) is 7.15. The molecule has 68 valence electrons. The third-order valence-corrected chi connectivity index (χ3v) is 2.82. The molecule has 2 heteroatoms. The molecular weight excluding hydrogens is 164 g/mol. The van der Waals surface area contributed by atoms with Crippen LogP contribution in [0.4, 0.5) is 0 Å². The van der Waals surface area contributed by atoms with Gasteiger partial charge in [-0.2, -0.15) is 0 Å². The summed E-state index contributed by atoms with van der Waals surface area (Å²) in [6.07, 6.45) is 3.14. The molecule has 1 fully saturated rings. The fraction of sp³-hybridized carbons (Fsp3) is 0.364. The molecule has 0 bridgehead atoms. The van der Waals surface area contributed by atoms with Gasteiger partial charge in [0.2, 0.25) is 0 Å². The third-order valence-electron chi connectivity index (χ3n) is 2.82. The van der Waals surface area contributed by atoms with Gasteiger partial charge in [0.15, 0.2) is 0 Å². The predicted octanol–water partition coefficient (Wildman–Crippen LogP) is 2.08. The first-order chi connectivity index (χ1) is 6.31. The van der Waals surface area contributed by atoms with Gasteiger partial charge < -0.3 is 9.90 Å². The second-order valence-corrected chi connectivity index (χ2v) is 3.58. The van der Waals surface area contributed by atoms with Crippen molar-refractivity contribution in [2.75, 3.05) is 0 Å². The Morgan fingerprint density at radius 3 is 2.38 bits per heavy atom. The van der Waals surface area contributed by atoms with Crippen molar-refractivity contribution in [2.45, 2.75) is 18.8 Å². The van der Waals surface area contributed by atoms with Crippen LogP contribution in [0.2, 0.25) is 0 Å². The van der Waals surface area contributed by atoms with Crippen LogP contribution in [0.25, 0.3) is 0 Å². The number of hydrogen-bond donors (Lipinski definition) is 1. The highest BCUT2D eigenvalue weighted by molar-refractivity contribution is 5.58. The average Bonchev–Trinajstić information content (AvgIpc) is 2.08. The molecule has 0 saturated heterocycles. The lowest BCUT2D eigenvalue weighted by Crippen LogP contribution is -2.24. The molecule has 2 atom stereocenters. The van der Waals surface area contributed by atoms with E-state index >= 15 is 0 Å². The van der Waals surface area contributed by atoms with Crippen molar-refractivity contribution >= 4 is 6.29 Å². The van der Waals surface area contributed by atoms with Crippen LogP contribution in [0.15, 0.2) is 24.3 Å². The molecule has 0 aromatic heterocycles. The predicted molar refractivity (Wildman–Crippen MR) is 49.6 cm³/mol. The zero-order valence-electron chi connectivity index (χ0n) is 7.31. The minimum absolute atomic E-state index is 0.199. The number of carbonyl (C=O) groups excluding carboxylic acids is 1. The maximum atomic E-state index is 10.6. The summed E-state index contributed by atoms with van der Waals surface area (Å²) >= 11 is 0. The lowest BCUT2D eigenvalue weighted by Gasteiger charge is -2.32. The van der Waals surface area contributed by atoms with Crippen LogP contribution >= 0.6 is 0 Å². The molecule has 2 unspecified atom stereocenters. The maximum Gasteiger partial charge on any atom is 0.123 e. The van der Waals surface area contributed by atoms with Crippen LogP contribution in [-0.2, 0) is 4.79 Å². The number of benzene rings is 1. The van der Waals surface area contributed by atoms with Gasteiger partial charge in [0.25, 0.3) is 0 Å². The SMILES string of the molecule is O=CC1CCC1c1ccc(O)cc1. The number of aldehydes is 1. The molecule has 0 heterocycles. The van der Waals surface area contributed by atoms with Gasteiger partial charge in [-0.15, -0.1) is 0 Å². The highest BCUT2D eigenvalue weighted by atomic mass is 16.3. The van der Waals surface area contributed by atoms with Crippen molar-refractivity contribution in [1.29, 1.82) is 0 Å². The van der Waals surface area contributed by atoms with E-state index in [4.69, 9.17) is 5.11 Å². The second-order valence-electron chi connectivity index (χ2n) is 3.58. The maximum absolute atomic E-state index is 10.6. The number of rotatable bonds is 2. The topological polar surface area (TPSA) is 37.3 Å². The number of phenols is 1. The quantitative estimate of drug-likeness (QED) is 0.700. The summed E-state index contributed by atoms with van der Waals surface area (Å²) < 4.78 is 0. The Morgan fingerprint density at radius 1 is 1.23 bits per heavy atom. The molecule has 1 saturated carbocycles. The minimum Gasteiger partial charge on any atom is -0.508 e. The van der Waals surface area contributed by atoms with Crippen LogP contribution in [0.3, 0.4) is 0 Å². The van der Waals surface area contributed by atoms with Crippen LogP contribution < -0.4 is 0 Å². The number of hydrogen-bond acceptors (Lipinski definition) is 2. The fourth-order valence-electron chi connectivity index (χ4n) is 1.82. The summed E-state index contributed by atoms with van der Waals surface area (Å²) in [5, 5.41) is 9.08. The van der Waals surface area contributed by atoms with Crippen LogP contribution in [0, 0.1) is 5.92 Å². The van der Waals surface area contributed by atoms with E-state index in [0.29, 0.717) is 5.92 Å². The van der Waals surface area contributed by atoms with Crippen molar-refractivity contribution < 1.29 is 9.90 Å². The monoisotopic (exact) mass is 176 g/mol. The average molecular weight is 176 g/mol. The highest BCUT2D eigenvalue weighted by Gasteiger charge is 2.31. The van der Waals surface area contributed by atoms with Gasteiger partial charge in [-0.3, -0.25) is 0 Å². The fourth-order valence-corrected chi connectivity index (χ4v) is 1.82. The second kappa shape index (κ2) is 3.21. The molecule has 0 aliphatic heterocycles. The first-order valence-corrected chi connectivity index (χ1v) is 4.55. The van der Waals surface area contributed by atoms with E-state index in [9.17, 15) is 4.79 Å². The Balaban J connectivity index is 2.17. The van der Waals surface area contributed by atoms with Gasteiger partial charge in [0, 0.05) is 5.92 Å². The van der Waals surface area contributed by atoms with E-state index in [1.807, 2.05) is 12.1 Å². The van der Waals surface area contributed by atoms with Gasteiger partial charge in [-0.05, 0) is 36.5 Å². The first-order valence-electron chi connectivity index (χ1n) is 4.55. The number of phenolic OH excluding ortho intramolecular Hbond substituents is 1. The Morgan fingerprint density at radius 2 is 1.92 bits per heavy atom. The zero-order chi connectivity index (χ0) is 9.26. The van der Waals surface area contributed by atoms with Gasteiger partial charge in [0.05, 0.1) is 0 Å². The molecule has 2 nitrogen and oxygen atoms in total. The van der Waals surface area contributed by atoms with Crippen molar-refractivity contribution in [3.05, 3.63) is 29.8 Å². The van der Waals surface area contributed by atoms with Crippen LogP contribution in [0.1, 0.15) is 24.3 Å². The van der Waals surface area contributed by atoms with Crippen molar-refractivity contribution in [2.24, 2.45) is 5.92 Å². The standard InChI is InChI=1S/C11H12O2/c12-7-9-3-6-11(9)8-1-4-10(13)5-2-8/h1-2,4-5,7,9,11,13H,3,6H2. The molecule has 1 aromatic rings. The Hall–Kier alpha value is -1.31. The molecule has 0 amide bonds. The minimum atomic E-state index is 0.199. The van der Waals surface area contributed by atoms with E-state index < -0.39 is 0 Å². The lowest BCUT2D eigenvalue weighted by molar-refractivity contribution is -0.113. The Kier molecular flexibility index (Phi) is 2.05. The van der Waals surface area contributed by atoms with Gasteiger partial charge in [0.1, 0.15) is 12.0 Å². The summed E-state index contributed by atoms with van der Waals surface area (Å²) in [5.74, 6) is 0.869. The van der Waals surface area contributed by atoms with Crippen molar-refractivity contribution in [3.8, 4) is 5.75 Å². The molecule has 1 N–H and O–H groups in total. The molecule has 1 aliphatic carbocycles. The van der Waals surface area contributed by atoms with Crippen molar-refractivity contribution in [3.63, 3.8) is 0 Å². The van der Waals surface area contributed by atoms with Crippen LogP contribution in [-0.4, -0.2) is 11.4 Å². The van der Waals surface area contributed by atoms with E-state index in [0.717, 1.165) is 19.1 Å². The highest BCUT2D eigenvalue weighted by Crippen LogP contribution is 2.41. The smallest absolute Gasteiger partial charge is 0.123 e. The summed E-state index contributed by atoms with van der Waals surface area (Å²) in [7, 11) is 0. The molecule has 1 aliphatic rings. The summed E-state index contributed by atoms with van der Waals surface area (Å²) in [4.78, 5) is 10.6. The van der Waals surface area contributed by atoms with Gasteiger partial charge in [-0.25, -0.2) is 0 Å². The molecule has 2 rings (SSSR count). The zero-order valence-corrected chi connectivity index (χ0v) is 7.31.